The molecule has 0 aliphatic heterocycles. The van der Waals surface area contributed by atoms with Crippen LogP contribution >= 0.6 is 0 Å². The van der Waals surface area contributed by atoms with E-state index >= 15 is 0 Å². The Balaban J connectivity index is 1.94. The molecule has 3 nitrogen and oxygen atoms in total. The molecule has 1 aromatic rings. The van der Waals surface area contributed by atoms with Crippen LogP contribution in [0.3, 0.4) is 0 Å². The number of aromatic nitrogens is 1. The highest BCUT2D eigenvalue weighted by Gasteiger charge is 2.34. The summed E-state index contributed by atoms with van der Waals surface area (Å²) in [4.78, 5) is 15.6. The third-order valence-corrected chi connectivity index (χ3v) is 2.48. The van der Waals surface area contributed by atoms with Gasteiger partial charge in [0.15, 0.2) is 5.78 Å². The summed E-state index contributed by atoms with van der Waals surface area (Å²) >= 11 is 0. The van der Waals surface area contributed by atoms with E-state index in [2.05, 4.69) is 4.98 Å². The van der Waals surface area contributed by atoms with Crippen molar-refractivity contribution < 1.29 is 9.90 Å². The molecule has 0 spiro atoms. The number of Topliss-reactive ketones (excluding diaryl/α,β-unsaturated/α-hetero) is 1. The van der Waals surface area contributed by atoms with Gasteiger partial charge >= 0.3 is 0 Å². The fourth-order valence-electron chi connectivity index (χ4n) is 1.46. The Kier molecular flexibility index (Phi) is 2.59. The Morgan fingerprint density at radius 3 is 2.93 bits per heavy atom. The van der Waals surface area contributed by atoms with Gasteiger partial charge < -0.3 is 5.11 Å². The van der Waals surface area contributed by atoms with Crippen molar-refractivity contribution in [1.82, 2.24) is 4.98 Å². The molecule has 0 radical (unpaired) electrons. The Labute approximate surface area is 82.8 Å². The van der Waals surface area contributed by atoms with Crippen LogP contribution in [0.5, 0.6) is 0 Å². The van der Waals surface area contributed by atoms with E-state index in [4.69, 9.17) is 0 Å². The van der Waals surface area contributed by atoms with Gasteiger partial charge in [-0.25, -0.2) is 0 Å². The maximum Gasteiger partial charge on any atom is 0.167 e. The van der Waals surface area contributed by atoms with Crippen molar-refractivity contribution in [3.05, 3.63) is 30.1 Å². The lowest BCUT2D eigenvalue weighted by atomic mass is 10.1. The van der Waals surface area contributed by atoms with Crippen molar-refractivity contribution in [3.8, 4) is 0 Å². The molecule has 2 rings (SSSR count). The predicted octanol–water partition coefficient (Wildman–Crippen LogP) is 0.964. The predicted molar refractivity (Wildman–Crippen MR) is 51.7 cm³/mol. The molecule has 1 aliphatic carbocycles. The fourth-order valence-corrected chi connectivity index (χ4v) is 1.46. The summed E-state index contributed by atoms with van der Waals surface area (Å²) in [5.74, 6) is 0.109. The third-order valence-electron chi connectivity index (χ3n) is 2.48. The number of aliphatic hydroxyl groups is 1. The van der Waals surface area contributed by atoms with Crippen LogP contribution in [0, 0.1) is 5.92 Å². The van der Waals surface area contributed by atoms with Crippen molar-refractivity contribution in [2.24, 2.45) is 5.92 Å². The summed E-state index contributed by atoms with van der Waals surface area (Å²) in [6.07, 6.45) is 3.10. The number of nitrogens with zero attached hydrogens (tertiary/aromatic N) is 1. The highest BCUT2D eigenvalue weighted by atomic mass is 16.3. The molecule has 0 aromatic carbocycles. The van der Waals surface area contributed by atoms with E-state index in [0.717, 1.165) is 18.5 Å². The molecule has 1 aliphatic rings. The van der Waals surface area contributed by atoms with E-state index in [1.165, 1.54) is 0 Å². The topological polar surface area (TPSA) is 50.2 Å². The number of pyridine rings is 1. The summed E-state index contributed by atoms with van der Waals surface area (Å²) in [6, 6.07) is 5.46. The standard InChI is InChI=1S/C11H13NO2/c13-10(11(14)8-4-5-8)7-9-3-1-2-6-12-9/h1-3,6,8,11,14H,4-5,7H2. The van der Waals surface area contributed by atoms with Crippen LogP contribution in [0.4, 0.5) is 0 Å². The minimum absolute atomic E-state index is 0.105. The van der Waals surface area contributed by atoms with Gasteiger partial charge in [-0.15, -0.1) is 0 Å². The molecule has 1 saturated carbocycles. The molecule has 0 bridgehead atoms. The first-order valence-electron chi connectivity index (χ1n) is 4.88. The zero-order chi connectivity index (χ0) is 9.97. The molecule has 0 amide bonds. The van der Waals surface area contributed by atoms with Gasteiger partial charge in [0.05, 0.1) is 6.42 Å². The van der Waals surface area contributed by atoms with Crippen LogP contribution in [-0.4, -0.2) is 22.0 Å². The lowest BCUT2D eigenvalue weighted by Gasteiger charge is -2.06. The summed E-state index contributed by atoms with van der Waals surface area (Å²) in [6.45, 7) is 0. The van der Waals surface area contributed by atoms with Gasteiger partial charge in [0.2, 0.25) is 0 Å². The molecule has 1 fully saturated rings. The SMILES string of the molecule is O=C(Cc1ccccn1)C(O)C1CC1. The van der Waals surface area contributed by atoms with E-state index in [-0.39, 0.29) is 18.1 Å². The van der Waals surface area contributed by atoms with Crippen LogP contribution in [0.25, 0.3) is 0 Å². The highest BCUT2D eigenvalue weighted by molar-refractivity contribution is 5.85. The normalized spacial score (nSPS) is 17.8. The van der Waals surface area contributed by atoms with Gasteiger partial charge in [0, 0.05) is 11.9 Å². The zero-order valence-electron chi connectivity index (χ0n) is 7.89. The molecule has 1 aromatic heterocycles. The van der Waals surface area contributed by atoms with Crippen LogP contribution in [-0.2, 0) is 11.2 Å². The van der Waals surface area contributed by atoms with E-state index in [9.17, 15) is 9.90 Å². The summed E-state index contributed by atoms with van der Waals surface area (Å²) in [5, 5.41) is 9.54. The fraction of sp³-hybridized carbons (Fsp3) is 0.455. The zero-order valence-corrected chi connectivity index (χ0v) is 7.89. The Hall–Kier alpha value is -1.22. The average Bonchev–Trinajstić information content (AvgIpc) is 3.01. The monoisotopic (exact) mass is 191 g/mol. The first-order chi connectivity index (χ1) is 6.77. The first kappa shape index (κ1) is 9.34. The van der Waals surface area contributed by atoms with Crippen molar-refractivity contribution in [3.63, 3.8) is 0 Å². The number of hydrogen-bond acceptors (Lipinski definition) is 3. The molecular formula is C11H13NO2. The van der Waals surface area contributed by atoms with Gasteiger partial charge in [0.25, 0.3) is 0 Å². The second kappa shape index (κ2) is 3.88. The molecular weight excluding hydrogens is 178 g/mol. The van der Waals surface area contributed by atoms with E-state index in [1.54, 1.807) is 12.3 Å². The Morgan fingerprint density at radius 2 is 2.36 bits per heavy atom. The summed E-state index contributed by atoms with van der Waals surface area (Å²) in [5.41, 5.74) is 0.734. The van der Waals surface area contributed by atoms with Crippen LogP contribution < -0.4 is 0 Å². The summed E-state index contributed by atoms with van der Waals surface area (Å²) in [7, 11) is 0. The molecule has 74 valence electrons. The Morgan fingerprint density at radius 1 is 1.57 bits per heavy atom. The minimum Gasteiger partial charge on any atom is -0.385 e. The lowest BCUT2D eigenvalue weighted by molar-refractivity contribution is -0.127. The average molecular weight is 191 g/mol. The smallest absolute Gasteiger partial charge is 0.167 e. The van der Waals surface area contributed by atoms with Crippen molar-refractivity contribution in [1.29, 1.82) is 0 Å². The number of carbonyl (C=O) groups excluding carboxylic acids is 1. The molecule has 0 saturated heterocycles. The molecule has 1 unspecified atom stereocenters. The van der Waals surface area contributed by atoms with Crippen molar-refractivity contribution in [2.75, 3.05) is 0 Å². The van der Waals surface area contributed by atoms with Crippen LogP contribution in [0.2, 0.25) is 0 Å². The van der Waals surface area contributed by atoms with E-state index < -0.39 is 6.10 Å². The van der Waals surface area contributed by atoms with Gasteiger partial charge in [0.1, 0.15) is 6.10 Å². The number of ketones is 1. The molecule has 3 heteroatoms. The van der Waals surface area contributed by atoms with Crippen molar-refractivity contribution in [2.45, 2.75) is 25.4 Å². The molecule has 1 heterocycles. The second-order valence-electron chi connectivity index (χ2n) is 3.75. The summed E-state index contributed by atoms with van der Waals surface area (Å²) < 4.78 is 0. The van der Waals surface area contributed by atoms with Crippen molar-refractivity contribution >= 4 is 5.78 Å². The number of carbonyl (C=O) groups is 1. The van der Waals surface area contributed by atoms with Crippen LogP contribution in [0.15, 0.2) is 24.4 Å². The largest absolute Gasteiger partial charge is 0.385 e. The molecule has 14 heavy (non-hydrogen) atoms. The number of hydrogen-bond donors (Lipinski definition) is 1. The number of rotatable bonds is 4. The molecule has 1 N–H and O–H groups in total. The van der Waals surface area contributed by atoms with E-state index in [0.29, 0.717) is 0 Å². The third kappa shape index (κ3) is 2.17. The van der Waals surface area contributed by atoms with Gasteiger partial charge in [-0.2, -0.15) is 0 Å². The Bertz CT molecular complexity index is 319. The first-order valence-corrected chi connectivity index (χ1v) is 4.88. The maximum absolute atomic E-state index is 11.5. The number of aliphatic hydroxyl groups excluding tert-OH is 1. The maximum atomic E-state index is 11.5. The molecule has 1 atom stereocenters. The highest BCUT2D eigenvalue weighted by Crippen LogP contribution is 2.33. The van der Waals surface area contributed by atoms with E-state index in [1.807, 2.05) is 12.1 Å². The second-order valence-corrected chi connectivity index (χ2v) is 3.75. The van der Waals surface area contributed by atoms with Crippen LogP contribution in [0.1, 0.15) is 18.5 Å². The lowest BCUT2D eigenvalue weighted by Crippen LogP contribution is -2.24. The van der Waals surface area contributed by atoms with Gasteiger partial charge in [-0.3, -0.25) is 9.78 Å². The van der Waals surface area contributed by atoms with Gasteiger partial charge in [-0.1, -0.05) is 6.07 Å². The quantitative estimate of drug-likeness (QED) is 0.771. The minimum atomic E-state index is -0.767. The van der Waals surface area contributed by atoms with Gasteiger partial charge in [-0.05, 0) is 30.9 Å².